The van der Waals surface area contributed by atoms with Crippen molar-refractivity contribution in [2.45, 2.75) is 57.8 Å². The summed E-state index contributed by atoms with van der Waals surface area (Å²) in [6.45, 7) is 6.41. The third-order valence-electron chi connectivity index (χ3n) is 4.92. The topological polar surface area (TPSA) is 38.5 Å². The van der Waals surface area contributed by atoms with Crippen LogP contribution in [0.1, 0.15) is 38.7 Å². The van der Waals surface area contributed by atoms with Crippen LogP contribution in [0.3, 0.4) is 0 Å². The first-order chi connectivity index (χ1) is 9.67. The zero-order valence-electron chi connectivity index (χ0n) is 12.6. The predicted octanol–water partition coefficient (Wildman–Crippen LogP) is 2.79. The van der Waals surface area contributed by atoms with Crippen molar-refractivity contribution in [1.29, 1.82) is 0 Å². The van der Waals surface area contributed by atoms with Gasteiger partial charge in [0.25, 0.3) is 0 Å². The maximum Gasteiger partial charge on any atom is 0.119 e. The molecule has 4 rings (SSSR count). The Morgan fingerprint density at radius 3 is 2.55 bits per heavy atom. The molecule has 2 bridgehead atoms. The van der Waals surface area contributed by atoms with Crippen LogP contribution in [0, 0.1) is 5.92 Å². The molecule has 3 atom stereocenters. The normalized spacial score (nSPS) is 29.9. The maximum absolute atomic E-state index is 6.25. The van der Waals surface area contributed by atoms with Crippen molar-refractivity contribution < 1.29 is 4.74 Å². The van der Waals surface area contributed by atoms with Crippen LogP contribution in [0.15, 0.2) is 24.3 Å². The van der Waals surface area contributed by atoms with Crippen molar-refractivity contribution in [1.82, 2.24) is 4.90 Å². The summed E-state index contributed by atoms with van der Waals surface area (Å²) in [5.74, 6) is 1.69. The molecule has 0 spiro atoms. The molecular weight excluding hydrogens is 248 g/mol. The van der Waals surface area contributed by atoms with E-state index in [-0.39, 0.29) is 0 Å². The number of nitrogens with two attached hydrogens (primary N) is 1. The minimum atomic E-state index is 0.396. The molecule has 1 saturated carbocycles. The highest BCUT2D eigenvalue weighted by molar-refractivity contribution is 5.27. The van der Waals surface area contributed by atoms with Gasteiger partial charge < -0.3 is 10.5 Å². The van der Waals surface area contributed by atoms with E-state index in [1.807, 2.05) is 0 Å². The van der Waals surface area contributed by atoms with E-state index in [0.717, 1.165) is 11.3 Å². The first-order valence-electron chi connectivity index (χ1n) is 7.88. The lowest BCUT2D eigenvalue weighted by Crippen LogP contribution is -2.57. The molecule has 20 heavy (non-hydrogen) atoms. The average molecular weight is 274 g/mol. The summed E-state index contributed by atoms with van der Waals surface area (Å²) in [5.41, 5.74) is 6.79. The summed E-state index contributed by atoms with van der Waals surface area (Å²) in [7, 11) is 0. The minimum Gasteiger partial charge on any atom is -0.490 e. The SMILES string of the molecule is CC(C)N1CC2CCC1CC2Oc1ccc(CN)cc1. The number of benzene rings is 1. The number of ether oxygens (including phenoxy) is 1. The lowest BCUT2D eigenvalue weighted by Gasteiger charge is -2.50. The number of hydrogen-bond donors (Lipinski definition) is 1. The second-order valence-electron chi connectivity index (χ2n) is 6.52. The molecule has 3 fully saturated rings. The van der Waals surface area contributed by atoms with Crippen LogP contribution in [-0.4, -0.2) is 29.6 Å². The number of fused-ring (bicyclic) bond motifs is 3. The number of nitrogens with zero attached hydrogens (tertiary/aromatic N) is 1. The lowest BCUT2D eigenvalue weighted by atomic mass is 9.77. The quantitative estimate of drug-likeness (QED) is 0.917. The van der Waals surface area contributed by atoms with Gasteiger partial charge in [-0.1, -0.05) is 12.1 Å². The van der Waals surface area contributed by atoms with Gasteiger partial charge in [0, 0.05) is 37.5 Å². The number of hydrogen-bond acceptors (Lipinski definition) is 3. The van der Waals surface area contributed by atoms with Gasteiger partial charge in [-0.05, 0) is 44.4 Å². The van der Waals surface area contributed by atoms with Gasteiger partial charge in [0.2, 0.25) is 0 Å². The fraction of sp³-hybridized carbons (Fsp3) is 0.647. The Bertz CT molecular complexity index is 443. The standard InChI is InChI=1S/C17H26N2O/c1-12(2)19-11-14-5-6-15(19)9-17(14)20-16-7-3-13(10-18)4-8-16/h3-4,7-8,12,14-15,17H,5-6,9-11,18H2,1-2H3. The first-order valence-corrected chi connectivity index (χ1v) is 7.88. The Morgan fingerprint density at radius 2 is 2.00 bits per heavy atom. The molecule has 1 aromatic carbocycles. The summed E-state index contributed by atoms with van der Waals surface area (Å²) in [6.07, 6.45) is 4.24. The Kier molecular flexibility index (Phi) is 3.99. The number of rotatable bonds is 4. The van der Waals surface area contributed by atoms with Crippen molar-refractivity contribution in [3.63, 3.8) is 0 Å². The lowest BCUT2D eigenvalue weighted by molar-refractivity contribution is -0.0500. The van der Waals surface area contributed by atoms with Gasteiger partial charge >= 0.3 is 0 Å². The van der Waals surface area contributed by atoms with Crippen molar-refractivity contribution in [3.05, 3.63) is 29.8 Å². The van der Waals surface area contributed by atoms with Gasteiger partial charge in [-0.15, -0.1) is 0 Å². The van der Waals surface area contributed by atoms with Crippen LogP contribution in [0.2, 0.25) is 0 Å². The van der Waals surface area contributed by atoms with E-state index in [1.54, 1.807) is 0 Å². The molecule has 2 N–H and O–H groups in total. The maximum atomic E-state index is 6.25. The van der Waals surface area contributed by atoms with E-state index in [9.17, 15) is 0 Å². The van der Waals surface area contributed by atoms with E-state index < -0.39 is 0 Å². The van der Waals surface area contributed by atoms with Gasteiger partial charge in [-0.3, -0.25) is 4.90 Å². The van der Waals surface area contributed by atoms with Crippen LogP contribution < -0.4 is 10.5 Å². The second kappa shape index (κ2) is 5.74. The molecule has 3 unspecified atom stereocenters. The molecule has 3 aliphatic rings. The van der Waals surface area contributed by atoms with Gasteiger partial charge in [-0.25, -0.2) is 0 Å². The molecule has 2 aliphatic heterocycles. The van der Waals surface area contributed by atoms with Crippen LogP contribution in [-0.2, 0) is 6.54 Å². The van der Waals surface area contributed by atoms with Gasteiger partial charge in [-0.2, -0.15) is 0 Å². The number of piperidine rings is 2. The largest absolute Gasteiger partial charge is 0.490 e. The van der Waals surface area contributed by atoms with Crippen LogP contribution in [0.5, 0.6) is 5.75 Å². The van der Waals surface area contributed by atoms with E-state index in [1.165, 1.54) is 25.8 Å². The monoisotopic (exact) mass is 274 g/mol. The van der Waals surface area contributed by atoms with Crippen molar-refractivity contribution in [2.24, 2.45) is 11.7 Å². The molecule has 3 nitrogen and oxygen atoms in total. The van der Waals surface area contributed by atoms with E-state index in [2.05, 4.69) is 43.0 Å². The Balaban J connectivity index is 1.64. The van der Waals surface area contributed by atoms with Crippen LogP contribution in [0.4, 0.5) is 0 Å². The zero-order chi connectivity index (χ0) is 14.1. The Hall–Kier alpha value is -1.06. The summed E-state index contributed by atoms with van der Waals surface area (Å²) in [5, 5.41) is 0. The smallest absolute Gasteiger partial charge is 0.119 e. The fourth-order valence-corrected chi connectivity index (χ4v) is 3.76. The molecule has 110 valence electrons. The average Bonchev–Trinajstić information content (AvgIpc) is 2.48. The third-order valence-corrected chi connectivity index (χ3v) is 4.92. The molecule has 1 aromatic rings. The van der Waals surface area contributed by atoms with Crippen LogP contribution >= 0.6 is 0 Å². The second-order valence-corrected chi connectivity index (χ2v) is 6.52. The molecular formula is C17H26N2O. The highest BCUT2D eigenvalue weighted by atomic mass is 16.5. The highest BCUT2D eigenvalue weighted by Gasteiger charge is 2.42. The zero-order valence-corrected chi connectivity index (χ0v) is 12.6. The highest BCUT2D eigenvalue weighted by Crippen LogP contribution is 2.38. The van der Waals surface area contributed by atoms with E-state index in [4.69, 9.17) is 10.5 Å². The first kappa shape index (κ1) is 13.9. The van der Waals surface area contributed by atoms with Crippen molar-refractivity contribution in [3.8, 4) is 5.75 Å². The summed E-state index contributed by atoms with van der Waals surface area (Å²) < 4.78 is 6.25. The molecule has 0 aromatic heterocycles. The van der Waals surface area contributed by atoms with Gasteiger partial charge in [0.15, 0.2) is 0 Å². The van der Waals surface area contributed by atoms with E-state index >= 15 is 0 Å². The fourth-order valence-electron chi connectivity index (χ4n) is 3.76. The van der Waals surface area contributed by atoms with Crippen molar-refractivity contribution >= 4 is 0 Å². The van der Waals surface area contributed by atoms with Gasteiger partial charge in [0.05, 0.1) is 0 Å². The minimum absolute atomic E-state index is 0.396. The van der Waals surface area contributed by atoms with Crippen LogP contribution in [0.25, 0.3) is 0 Å². The van der Waals surface area contributed by atoms with Crippen molar-refractivity contribution in [2.75, 3.05) is 6.54 Å². The third kappa shape index (κ3) is 2.70. The molecule has 2 saturated heterocycles. The molecule has 1 aliphatic carbocycles. The van der Waals surface area contributed by atoms with E-state index in [0.29, 0.717) is 30.7 Å². The summed E-state index contributed by atoms with van der Waals surface area (Å²) in [6, 6.07) is 9.63. The summed E-state index contributed by atoms with van der Waals surface area (Å²) in [4.78, 5) is 2.66. The molecule has 0 amide bonds. The van der Waals surface area contributed by atoms with Gasteiger partial charge in [0.1, 0.15) is 11.9 Å². The summed E-state index contributed by atoms with van der Waals surface area (Å²) >= 11 is 0. The predicted molar refractivity (Wildman–Crippen MR) is 81.7 cm³/mol. The molecule has 3 heteroatoms. The Labute approximate surface area is 122 Å². The molecule has 0 radical (unpaired) electrons. The molecule has 2 heterocycles. The Morgan fingerprint density at radius 1 is 1.25 bits per heavy atom.